The molecule has 1 aromatic heterocycles. The van der Waals surface area contributed by atoms with Crippen LogP contribution in [0, 0.1) is 12.7 Å². The first-order chi connectivity index (χ1) is 14.4. The van der Waals surface area contributed by atoms with Crippen LogP contribution in [-0.4, -0.2) is 34.2 Å². The van der Waals surface area contributed by atoms with E-state index in [0.717, 1.165) is 16.8 Å². The second-order valence-corrected chi connectivity index (χ2v) is 7.68. The van der Waals surface area contributed by atoms with Crippen molar-refractivity contribution < 1.29 is 23.8 Å². The lowest BCUT2D eigenvalue weighted by Gasteiger charge is -2.25. The highest BCUT2D eigenvalue weighted by molar-refractivity contribution is 5.87. The predicted octanol–water partition coefficient (Wildman–Crippen LogP) is 3.23. The molecule has 0 fully saturated rings. The molecule has 0 unspecified atom stereocenters. The average Bonchev–Trinajstić information content (AvgIpc) is 2.99. The van der Waals surface area contributed by atoms with Gasteiger partial charge in [0, 0.05) is 22.6 Å². The minimum atomic E-state index is -0.942. The standard InChI is InChI=1S/C23H23FN2O4/c1-14-2-6-17(7-3-14)30-13-22(27)25-16-5-9-21-19(11-16)18-10-15(24)4-8-20(18)26(21)12-23(28)29/h2-4,6-8,10,16H,5,9,11-13H2,1H3,(H,25,27)(H,28,29)/t16-/m0/s1. The van der Waals surface area contributed by atoms with Crippen molar-refractivity contribution >= 4 is 22.8 Å². The molecule has 4 rings (SSSR count). The highest BCUT2D eigenvalue weighted by Crippen LogP contribution is 2.33. The summed E-state index contributed by atoms with van der Waals surface area (Å²) in [4.78, 5) is 23.7. The molecular formula is C23H23FN2O4. The first kappa shape index (κ1) is 19.9. The number of carboxylic acids is 1. The minimum Gasteiger partial charge on any atom is -0.484 e. The van der Waals surface area contributed by atoms with Gasteiger partial charge in [0.1, 0.15) is 18.1 Å². The molecule has 2 aromatic carbocycles. The van der Waals surface area contributed by atoms with Crippen molar-refractivity contribution in [1.82, 2.24) is 9.88 Å². The molecule has 3 aromatic rings. The number of amides is 1. The monoisotopic (exact) mass is 410 g/mol. The molecule has 1 aliphatic rings. The average molecular weight is 410 g/mol. The zero-order chi connectivity index (χ0) is 21.3. The fourth-order valence-electron chi connectivity index (χ4n) is 4.11. The molecule has 1 heterocycles. The summed E-state index contributed by atoms with van der Waals surface area (Å²) < 4.78 is 21.1. The van der Waals surface area contributed by atoms with Crippen molar-refractivity contribution in [2.75, 3.05) is 6.61 Å². The van der Waals surface area contributed by atoms with E-state index in [0.29, 0.717) is 35.9 Å². The summed E-state index contributed by atoms with van der Waals surface area (Å²) in [6.45, 7) is 1.73. The number of aromatic nitrogens is 1. The Morgan fingerprint density at radius 1 is 1.23 bits per heavy atom. The normalized spacial score (nSPS) is 15.6. The van der Waals surface area contributed by atoms with Crippen LogP contribution in [0.5, 0.6) is 5.75 Å². The van der Waals surface area contributed by atoms with Gasteiger partial charge in [-0.15, -0.1) is 0 Å². The third-order valence-corrected chi connectivity index (χ3v) is 5.48. The molecule has 156 valence electrons. The van der Waals surface area contributed by atoms with E-state index in [9.17, 15) is 19.1 Å². The molecule has 1 amide bonds. The number of carbonyl (C=O) groups excluding carboxylic acids is 1. The van der Waals surface area contributed by atoms with Crippen LogP contribution in [0.15, 0.2) is 42.5 Å². The molecule has 0 saturated heterocycles. The van der Waals surface area contributed by atoms with Crippen molar-refractivity contribution in [2.45, 2.75) is 38.8 Å². The van der Waals surface area contributed by atoms with Gasteiger partial charge in [-0.05, 0) is 62.1 Å². The van der Waals surface area contributed by atoms with E-state index in [1.807, 2.05) is 31.2 Å². The number of nitrogens with zero attached hydrogens (tertiary/aromatic N) is 1. The number of aliphatic carboxylic acids is 1. The number of hydrogen-bond acceptors (Lipinski definition) is 3. The molecule has 0 spiro atoms. The Morgan fingerprint density at radius 2 is 2.00 bits per heavy atom. The molecule has 2 N–H and O–H groups in total. The second kappa shape index (κ2) is 8.18. The Kier molecular flexibility index (Phi) is 5.44. The Morgan fingerprint density at radius 3 is 2.73 bits per heavy atom. The Hall–Kier alpha value is -3.35. The number of nitrogens with one attached hydrogen (secondary N) is 1. The van der Waals surface area contributed by atoms with Gasteiger partial charge in [-0.3, -0.25) is 9.59 Å². The number of benzene rings is 2. The minimum absolute atomic E-state index is 0.0815. The summed E-state index contributed by atoms with van der Waals surface area (Å²) in [7, 11) is 0. The van der Waals surface area contributed by atoms with Crippen molar-refractivity contribution in [1.29, 1.82) is 0 Å². The molecule has 6 nitrogen and oxygen atoms in total. The first-order valence-corrected chi connectivity index (χ1v) is 9.91. The van der Waals surface area contributed by atoms with E-state index in [4.69, 9.17) is 4.74 Å². The molecule has 30 heavy (non-hydrogen) atoms. The first-order valence-electron chi connectivity index (χ1n) is 9.91. The summed E-state index contributed by atoms with van der Waals surface area (Å²) in [5.41, 5.74) is 3.63. The smallest absolute Gasteiger partial charge is 0.323 e. The van der Waals surface area contributed by atoms with Gasteiger partial charge >= 0.3 is 5.97 Å². The third kappa shape index (κ3) is 4.15. The lowest BCUT2D eigenvalue weighted by Crippen LogP contribution is -2.41. The lowest BCUT2D eigenvalue weighted by molar-refractivity contribution is -0.137. The SMILES string of the molecule is Cc1ccc(OCC(=O)N[C@H]2CCc3c(c4cc(F)ccc4n3CC(=O)O)C2)cc1. The zero-order valence-electron chi connectivity index (χ0n) is 16.7. The van der Waals surface area contributed by atoms with Gasteiger partial charge in [-0.2, -0.15) is 0 Å². The van der Waals surface area contributed by atoms with Crippen LogP contribution in [0.3, 0.4) is 0 Å². The molecule has 1 aliphatic carbocycles. The van der Waals surface area contributed by atoms with Crippen molar-refractivity contribution in [3.63, 3.8) is 0 Å². The fraction of sp³-hybridized carbons (Fsp3) is 0.304. The molecule has 0 bridgehead atoms. The largest absolute Gasteiger partial charge is 0.484 e. The maximum atomic E-state index is 13.9. The van der Waals surface area contributed by atoms with Crippen LogP contribution in [0.1, 0.15) is 23.2 Å². The maximum Gasteiger partial charge on any atom is 0.323 e. The molecule has 0 saturated carbocycles. The van der Waals surface area contributed by atoms with Gasteiger partial charge in [-0.1, -0.05) is 17.7 Å². The van der Waals surface area contributed by atoms with Crippen molar-refractivity contribution in [2.24, 2.45) is 0 Å². The molecular weight excluding hydrogens is 387 g/mol. The number of carbonyl (C=O) groups is 2. The van der Waals surface area contributed by atoms with Gasteiger partial charge in [0.2, 0.25) is 0 Å². The summed E-state index contributed by atoms with van der Waals surface area (Å²) in [5.74, 6) is -0.892. The number of halogens is 1. The van der Waals surface area contributed by atoms with E-state index in [1.165, 1.54) is 12.1 Å². The highest BCUT2D eigenvalue weighted by Gasteiger charge is 2.27. The van der Waals surface area contributed by atoms with Crippen LogP contribution >= 0.6 is 0 Å². The summed E-state index contributed by atoms with van der Waals surface area (Å²) in [6.07, 6.45) is 1.82. The molecule has 0 aliphatic heterocycles. The van der Waals surface area contributed by atoms with Crippen LogP contribution in [0.4, 0.5) is 4.39 Å². The summed E-state index contributed by atoms with van der Waals surface area (Å²) >= 11 is 0. The Bertz CT molecular complexity index is 1100. The van der Waals surface area contributed by atoms with Crippen LogP contribution in [0.2, 0.25) is 0 Å². The Balaban J connectivity index is 1.48. The number of fused-ring (bicyclic) bond motifs is 3. The number of aryl methyl sites for hydroxylation is 1. The van der Waals surface area contributed by atoms with E-state index in [-0.39, 0.29) is 30.9 Å². The molecule has 7 heteroatoms. The molecule has 1 atom stereocenters. The van der Waals surface area contributed by atoms with Gasteiger partial charge in [0.15, 0.2) is 6.61 Å². The van der Waals surface area contributed by atoms with Crippen molar-refractivity contribution in [3.8, 4) is 5.75 Å². The van der Waals surface area contributed by atoms with Gasteiger partial charge in [0.05, 0.1) is 0 Å². The second-order valence-electron chi connectivity index (χ2n) is 7.68. The fourth-order valence-corrected chi connectivity index (χ4v) is 4.11. The molecule has 0 radical (unpaired) electrons. The number of ether oxygens (including phenoxy) is 1. The lowest BCUT2D eigenvalue weighted by atomic mass is 9.91. The van der Waals surface area contributed by atoms with Crippen LogP contribution in [-0.2, 0) is 29.0 Å². The van der Waals surface area contributed by atoms with Crippen molar-refractivity contribution in [3.05, 3.63) is 65.1 Å². The number of rotatable bonds is 6. The summed E-state index contributed by atoms with van der Waals surface area (Å²) in [5, 5.41) is 13.0. The van der Waals surface area contributed by atoms with Gasteiger partial charge in [0.25, 0.3) is 5.91 Å². The quantitative estimate of drug-likeness (QED) is 0.654. The highest BCUT2D eigenvalue weighted by atomic mass is 19.1. The summed E-state index contributed by atoms with van der Waals surface area (Å²) in [6, 6.07) is 11.8. The van der Waals surface area contributed by atoms with Gasteiger partial charge in [-0.25, -0.2) is 4.39 Å². The predicted molar refractivity (Wildman–Crippen MR) is 110 cm³/mol. The topological polar surface area (TPSA) is 80.6 Å². The number of carboxylic acid groups (broad SMARTS) is 1. The van der Waals surface area contributed by atoms with E-state index in [2.05, 4.69) is 5.32 Å². The van der Waals surface area contributed by atoms with E-state index >= 15 is 0 Å². The third-order valence-electron chi connectivity index (χ3n) is 5.48. The van der Waals surface area contributed by atoms with Crippen LogP contribution in [0.25, 0.3) is 10.9 Å². The maximum absolute atomic E-state index is 13.9. The van der Waals surface area contributed by atoms with E-state index < -0.39 is 5.97 Å². The van der Waals surface area contributed by atoms with E-state index in [1.54, 1.807) is 10.6 Å². The van der Waals surface area contributed by atoms with Gasteiger partial charge < -0.3 is 19.7 Å². The zero-order valence-corrected chi connectivity index (χ0v) is 16.7. The number of hydrogen-bond donors (Lipinski definition) is 2. The Labute approximate surface area is 173 Å². The van der Waals surface area contributed by atoms with Crippen LogP contribution < -0.4 is 10.1 Å².